The van der Waals surface area contributed by atoms with Gasteiger partial charge in [-0.2, -0.15) is 0 Å². The van der Waals surface area contributed by atoms with E-state index in [-0.39, 0.29) is 18.5 Å². The summed E-state index contributed by atoms with van der Waals surface area (Å²) in [6, 6.07) is -0.541. The quantitative estimate of drug-likeness (QED) is 0.0418. The Bertz CT molecular complexity index is 898. The summed E-state index contributed by atoms with van der Waals surface area (Å²) >= 11 is 0. The Kier molecular flexibility index (Phi) is 52.5. The molecule has 3 N–H and O–H groups in total. The van der Waals surface area contributed by atoms with Gasteiger partial charge in [0.05, 0.1) is 25.4 Å². The van der Waals surface area contributed by atoms with E-state index in [4.69, 9.17) is 4.74 Å². The molecule has 0 heterocycles. The van der Waals surface area contributed by atoms with Gasteiger partial charge in [-0.3, -0.25) is 9.59 Å². The topological polar surface area (TPSA) is 95.9 Å². The summed E-state index contributed by atoms with van der Waals surface area (Å²) in [5.74, 6) is -0.0231. The Morgan fingerprint density at radius 2 is 0.651 bits per heavy atom. The zero-order valence-corrected chi connectivity index (χ0v) is 42.8. The summed E-state index contributed by atoms with van der Waals surface area (Å²) in [5, 5.41) is 23.3. The fraction of sp³-hybridized carbons (Fsp3) is 0.965. The first kappa shape index (κ1) is 61.9. The molecule has 0 aliphatic heterocycles. The van der Waals surface area contributed by atoms with E-state index in [1.165, 1.54) is 257 Å². The minimum atomic E-state index is -0.664. The van der Waals surface area contributed by atoms with Crippen LogP contribution in [0.25, 0.3) is 0 Å². The molecule has 376 valence electrons. The van der Waals surface area contributed by atoms with Crippen molar-refractivity contribution in [3.8, 4) is 0 Å². The van der Waals surface area contributed by atoms with E-state index < -0.39 is 12.1 Å². The third kappa shape index (κ3) is 50.1. The molecule has 0 spiro atoms. The molecule has 63 heavy (non-hydrogen) atoms. The van der Waals surface area contributed by atoms with Gasteiger partial charge in [0.2, 0.25) is 5.91 Å². The first-order valence-corrected chi connectivity index (χ1v) is 28.8. The lowest BCUT2D eigenvalue weighted by molar-refractivity contribution is -0.143. The van der Waals surface area contributed by atoms with Crippen molar-refractivity contribution in [1.29, 1.82) is 0 Å². The van der Waals surface area contributed by atoms with Crippen molar-refractivity contribution >= 4 is 11.9 Å². The Hall–Kier alpha value is -1.14. The van der Waals surface area contributed by atoms with E-state index in [9.17, 15) is 19.8 Å². The lowest BCUT2D eigenvalue weighted by atomic mass is 10.0. The van der Waals surface area contributed by atoms with Gasteiger partial charge < -0.3 is 20.3 Å². The van der Waals surface area contributed by atoms with E-state index in [0.717, 1.165) is 38.5 Å². The molecule has 6 heteroatoms. The third-order valence-corrected chi connectivity index (χ3v) is 13.7. The van der Waals surface area contributed by atoms with Crippen molar-refractivity contribution in [3.63, 3.8) is 0 Å². The standard InChI is InChI=1S/C57H113NO5/c1-3-5-7-9-11-13-15-16-23-26-30-33-37-41-45-49-55(60)54(53-59)58-56(61)50-46-42-38-34-31-27-24-21-19-17-18-20-22-25-28-32-36-40-44-48-52-63-57(62)51-47-43-39-35-29-14-12-10-8-6-4-2/h54-55,59-60H,3-53H2,1-2H3,(H,58,61). The largest absolute Gasteiger partial charge is 0.466 e. The number of nitrogens with one attached hydrogen (secondary N) is 1. The maximum atomic E-state index is 12.5. The van der Waals surface area contributed by atoms with Crippen LogP contribution in [0.1, 0.15) is 328 Å². The van der Waals surface area contributed by atoms with Crippen molar-refractivity contribution in [1.82, 2.24) is 5.32 Å². The number of hydrogen-bond acceptors (Lipinski definition) is 5. The van der Waals surface area contributed by atoms with Crippen LogP contribution >= 0.6 is 0 Å². The second kappa shape index (κ2) is 53.5. The Morgan fingerprint density at radius 3 is 0.968 bits per heavy atom. The predicted molar refractivity (Wildman–Crippen MR) is 274 cm³/mol. The van der Waals surface area contributed by atoms with Gasteiger partial charge in [-0.25, -0.2) is 0 Å². The highest BCUT2D eigenvalue weighted by atomic mass is 16.5. The van der Waals surface area contributed by atoms with Crippen molar-refractivity contribution in [2.75, 3.05) is 13.2 Å². The monoisotopic (exact) mass is 892 g/mol. The van der Waals surface area contributed by atoms with E-state index in [0.29, 0.717) is 25.9 Å². The molecule has 1 amide bonds. The van der Waals surface area contributed by atoms with Crippen LogP contribution in [-0.4, -0.2) is 47.4 Å². The predicted octanol–water partition coefficient (Wildman–Crippen LogP) is 17.5. The molecule has 0 rings (SSSR count). The summed E-state index contributed by atoms with van der Waals surface area (Å²) < 4.78 is 5.46. The van der Waals surface area contributed by atoms with E-state index in [1.54, 1.807) is 0 Å². The van der Waals surface area contributed by atoms with Crippen molar-refractivity contribution in [2.45, 2.75) is 341 Å². The summed E-state index contributed by atoms with van der Waals surface area (Å²) in [4.78, 5) is 24.5. The van der Waals surface area contributed by atoms with Crippen LogP contribution in [0.4, 0.5) is 0 Å². The molecule has 0 bridgehead atoms. The zero-order chi connectivity index (χ0) is 45.8. The molecule has 0 fully saturated rings. The molecular formula is C57H113NO5. The number of hydrogen-bond donors (Lipinski definition) is 3. The normalized spacial score (nSPS) is 12.5. The average Bonchev–Trinajstić information content (AvgIpc) is 3.28. The smallest absolute Gasteiger partial charge is 0.305 e. The molecular weight excluding hydrogens is 779 g/mol. The second-order valence-electron chi connectivity index (χ2n) is 20.0. The van der Waals surface area contributed by atoms with Crippen molar-refractivity contribution in [2.24, 2.45) is 0 Å². The highest BCUT2D eigenvalue weighted by Crippen LogP contribution is 2.18. The summed E-state index contributed by atoms with van der Waals surface area (Å²) in [6.45, 7) is 4.97. The van der Waals surface area contributed by atoms with Gasteiger partial charge in [0.1, 0.15) is 0 Å². The third-order valence-electron chi connectivity index (χ3n) is 13.7. The van der Waals surface area contributed by atoms with Gasteiger partial charge in [-0.05, 0) is 25.7 Å². The first-order valence-electron chi connectivity index (χ1n) is 28.8. The molecule has 0 aromatic rings. The number of unbranched alkanes of at least 4 members (excludes halogenated alkanes) is 43. The highest BCUT2D eigenvalue weighted by Gasteiger charge is 2.20. The molecule has 0 radical (unpaired) electrons. The lowest BCUT2D eigenvalue weighted by Gasteiger charge is -2.22. The molecule has 0 saturated heterocycles. The average molecular weight is 893 g/mol. The van der Waals surface area contributed by atoms with Gasteiger partial charge in [0, 0.05) is 12.8 Å². The molecule has 0 aliphatic rings. The first-order chi connectivity index (χ1) is 31.0. The van der Waals surface area contributed by atoms with E-state index >= 15 is 0 Å². The van der Waals surface area contributed by atoms with Gasteiger partial charge in [0.15, 0.2) is 0 Å². The zero-order valence-electron chi connectivity index (χ0n) is 42.8. The Morgan fingerprint density at radius 1 is 0.381 bits per heavy atom. The maximum Gasteiger partial charge on any atom is 0.305 e. The van der Waals surface area contributed by atoms with Crippen LogP contribution in [0.2, 0.25) is 0 Å². The molecule has 6 nitrogen and oxygen atoms in total. The van der Waals surface area contributed by atoms with Crippen LogP contribution in [0.5, 0.6) is 0 Å². The Labute approximate surface area is 394 Å². The lowest BCUT2D eigenvalue weighted by Crippen LogP contribution is -2.45. The van der Waals surface area contributed by atoms with Gasteiger partial charge in [0.25, 0.3) is 0 Å². The van der Waals surface area contributed by atoms with Gasteiger partial charge in [-0.15, -0.1) is 0 Å². The number of aliphatic hydroxyl groups excluding tert-OH is 2. The van der Waals surface area contributed by atoms with Crippen LogP contribution in [-0.2, 0) is 14.3 Å². The van der Waals surface area contributed by atoms with Crippen LogP contribution in [0.3, 0.4) is 0 Å². The molecule has 0 aromatic heterocycles. The summed E-state index contributed by atoms with van der Waals surface area (Å²) in [6.07, 6.45) is 60.9. The number of ether oxygens (including phenoxy) is 1. The van der Waals surface area contributed by atoms with Crippen LogP contribution < -0.4 is 5.32 Å². The number of esters is 1. The number of aliphatic hydroxyl groups is 2. The minimum absolute atomic E-state index is 0.0111. The SMILES string of the molecule is CCCCCCCCCCCCCCCCCC(O)C(CO)NC(=O)CCCCCCCCCCCCCCCCCCCCCCOC(=O)CCCCCCCCCCCCC. The van der Waals surface area contributed by atoms with Crippen molar-refractivity contribution in [3.05, 3.63) is 0 Å². The molecule has 0 aliphatic carbocycles. The fourth-order valence-corrected chi connectivity index (χ4v) is 9.23. The summed E-state index contributed by atoms with van der Waals surface area (Å²) in [5.41, 5.74) is 0. The van der Waals surface area contributed by atoms with Gasteiger partial charge in [-0.1, -0.05) is 290 Å². The highest BCUT2D eigenvalue weighted by molar-refractivity contribution is 5.76. The second-order valence-corrected chi connectivity index (χ2v) is 20.0. The molecule has 0 aromatic carbocycles. The Balaban J connectivity index is 3.38. The van der Waals surface area contributed by atoms with Crippen molar-refractivity contribution < 1.29 is 24.5 Å². The minimum Gasteiger partial charge on any atom is -0.466 e. The van der Waals surface area contributed by atoms with E-state index in [1.807, 2.05) is 0 Å². The number of rotatable bonds is 54. The number of amides is 1. The fourth-order valence-electron chi connectivity index (χ4n) is 9.23. The molecule has 2 unspecified atom stereocenters. The maximum absolute atomic E-state index is 12.5. The summed E-state index contributed by atoms with van der Waals surface area (Å²) in [7, 11) is 0. The molecule has 0 saturated carbocycles. The molecule has 2 atom stereocenters. The van der Waals surface area contributed by atoms with Gasteiger partial charge >= 0.3 is 5.97 Å². The van der Waals surface area contributed by atoms with Crippen LogP contribution in [0, 0.1) is 0 Å². The number of carbonyl (C=O) groups excluding carboxylic acids is 2. The number of carbonyl (C=O) groups is 2. The van der Waals surface area contributed by atoms with E-state index in [2.05, 4.69) is 19.2 Å². The van der Waals surface area contributed by atoms with Crippen LogP contribution in [0.15, 0.2) is 0 Å².